The molecule has 3 N–H and O–H groups in total. The summed E-state index contributed by atoms with van der Waals surface area (Å²) in [4.78, 5) is 24.4. The van der Waals surface area contributed by atoms with E-state index in [2.05, 4.69) is 61.7 Å². The third-order valence-corrected chi connectivity index (χ3v) is 11.3. The Hall–Kier alpha value is -2.44. The van der Waals surface area contributed by atoms with Gasteiger partial charge in [-0.25, -0.2) is 0 Å². The van der Waals surface area contributed by atoms with Crippen molar-refractivity contribution in [1.29, 1.82) is 0 Å². The van der Waals surface area contributed by atoms with Crippen LogP contribution in [0.5, 0.6) is 0 Å². The van der Waals surface area contributed by atoms with Gasteiger partial charge >= 0.3 is 5.97 Å². The fourth-order valence-electron chi connectivity index (χ4n) is 7.30. The summed E-state index contributed by atoms with van der Waals surface area (Å²) in [6.07, 6.45) is 62.3. The predicted molar refractivity (Wildman–Crippen MR) is 259 cm³/mol. The Morgan fingerprint density at radius 2 is 0.850 bits per heavy atom. The SMILES string of the molecule is CCCCC/C=C\C/C=C\CCCCCCCC(=O)OCCCCCCCC/C=C\C/C=C\CCC(=O)NC(CO)C(O)/C=C/CCCCCCCCCCCCCCC. The highest BCUT2D eigenvalue weighted by Gasteiger charge is 2.17. The number of carbonyl (C=O) groups excluding carboxylic acids is 2. The molecule has 0 saturated carbocycles. The van der Waals surface area contributed by atoms with E-state index in [0.717, 1.165) is 64.2 Å². The van der Waals surface area contributed by atoms with Gasteiger partial charge in [-0.2, -0.15) is 0 Å². The number of amides is 1. The highest BCUT2D eigenvalue weighted by Crippen LogP contribution is 2.14. The van der Waals surface area contributed by atoms with Crippen LogP contribution in [0.3, 0.4) is 0 Å². The maximum Gasteiger partial charge on any atom is 0.305 e. The van der Waals surface area contributed by atoms with Crippen molar-refractivity contribution in [3.63, 3.8) is 0 Å². The molecule has 0 bridgehead atoms. The van der Waals surface area contributed by atoms with Crippen LogP contribution in [-0.4, -0.2) is 47.4 Å². The summed E-state index contributed by atoms with van der Waals surface area (Å²) in [6, 6.07) is -0.673. The van der Waals surface area contributed by atoms with Gasteiger partial charge in [0.15, 0.2) is 0 Å². The van der Waals surface area contributed by atoms with Gasteiger partial charge in [-0.05, 0) is 83.5 Å². The highest BCUT2D eigenvalue weighted by molar-refractivity contribution is 5.76. The van der Waals surface area contributed by atoms with Crippen molar-refractivity contribution in [3.8, 4) is 0 Å². The van der Waals surface area contributed by atoms with E-state index in [1.165, 1.54) is 148 Å². The van der Waals surface area contributed by atoms with E-state index in [4.69, 9.17) is 4.74 Å². The zero-order valence-electron chi connectivity index (χ0n) is 39.4. The summed E-state index contributed by atoms with van der Waals surface area (Å²) in [5, 5.41) is 23.0. The van der Waals surface area contributed by atoms with E-state index < -0.39 is 12.1 Å². The molecule has 0 aliphatic heterocycles. The Morgan fingerprint density at radius 1 is 0.467 bits per heavy atom. The van der Waals surface area contributed by atoms with E-state index in [1.54, 1.807) is 6.08 Å². The van der Waals surface area contributed by atoms with Crippen LogP contribution in [0.2, 0.25) is 0 Å². The fourth-order valence-corrected chi connectivity index (χ4v) is 7.30. The average Bonchev–Trinajstić information content (AvgIpc) is 3.25. The molecule has 0 heterocycles. The maximum absolute atomic E-state index is 12.4. The Kier molecular flexibility index (Phi) is 47.2. The molecule has 2 unspecified atom stereocenters. The first-order chi connectivity index (χ1) is 29.5. The lowest BCUT2D eigenvalue weighted by Crippen LogP contribution is -2.45. The monoisotopic (exact) mass is 840 g/mol. The normalized spacial score (nSPS) is 13.2. The average molecular weight is 840 g/mol. The molecule has 0 aromatic rings. The quantitative estimate of drug-likeness (QED) is 0.0322. The Balaban J connectivity index is 3.61. The number of unbranched alkanes of at least 4 members (excludes halogenated alkanes) is 27. The van der Waals surface area contributed by atoms with E-state index >= 15 is 0 Å². The first-order valence-corrected chi connectivity index (χ1v) is 25.6. The van der Waals surface area contributed by atoms with Gasteiger partial charge in [-0.1, -0.05) is 209 Å². The lowest BCUT2D eigenvalue weighted by atomic mass is 10.0. The molecule has 0 radical (unpaired) electrons. The summed E-state index contributed by atoms with van der Waals surface area (Å²) in [6.45, 7) is 4.79. The number of hydrogen-bond acceptors (Lipinski definition) is 5. The molecule has 6 nitrogen and oxygen atoms in total. The topological polar surface area (TPSA) is 95.9 Å². The van der Waals surface area contributed by atoms with Gasteiger partial charge in [-0.3, -0.25) is 9.59 Å². The van der Waals surface area contributed by atoms with Crippen molar-refractivity contribution >= 4 is 11.9 Å². The van der Waals surface area contributed by atoms with Crippen LogP contribution >= 0.6 is 0 Å². The van der Waals surface area contributed by atoms with Crippen molar-refractivity contribution in [3.05, 3.63) is 60.8 Å². The zero-order chi connectivity index (χ0) is 43.7. The molecule has 348 valence electrons. The molecule has 6 heteroatoms. The third-order valence-electron chi connectivity index (χ3n) is 11.3. The Labute approximate surface area is 371 Å². The molecule has 1 amide bonds. The molecule has 0 aromatic heterocycles. The van der Waals surface area contributed by atoms with Crippen LogP contribution in [0.15, 0.2) is 60.8 Å². The van der Waals surface area contributed by atoms with Crippen molar-refractivity contribution in [2.45, 2.75) is 257 Å². The largest absolute Gasteiger partial charge is 0.466 e. The van der Waals surface area contributed by atoms with Gasteiger partial charge in [-0.15, -0.1) is 0 Å². The second kappa shape index (κ2) is 49.2. The summed E-state index contributed by atoms with van der Waals surface area (Å²) >= 11 is 0. The number of aliphatic hydroxyl groups excluding tert-OH is 2. The number of nitrogens with one attached hydrogen (secondary N) is 1. The second-order valence-electron chi connectivity index (χ2n) is 17.1. The van der Waals surface area contributed by atoms with Crippen molar-refractivity contribution in [2.75, 3.05) is 13.2 Å². The molecule has 0 aliphatic carbocycles. The number of esters is 1. The molecule has 0 saturated heterocycles. The molecule has 0 fully saturated rings. The molecular weight excluding hydrogens is 743 g/mol. The molecular formula is C54H97NO5. The Morgan fingerprint density at radius 3 is 1.33 bits per heavy atom. The van der Waals surface area contributed by atoms with Gasteiger partial charge in [0.2, 0.25) is 5.91 Å². The number of rotatable bonds is 46. The van der Waals surface area contributed by atoms with Crippen LogP contribution in [-0.2, 0) is 14.3 Å². The van der Waals surface area contributed by atoms with Crippen molar-refractivity contribution in [2.24, 2.45) is 0 Å². The van der Waals surface area contributed by atoms with E-state index in [9.17, 15) is 19.8 Å². The number of hydrogen-bond donors (Lipinski definition) is 3. The first-order valence-electron chi connectivity index (χ1n) is 25.6. The zero-order valence-corrected chi connectivity index (χ0v) is 39.4. The first kappa shape index (κ1) is 57.6. The molecule has 0 spiro atoms. The van der Waals surface area contributed by atoms with Gasteiger partial charge in [0.05, 0.1) is 25.4 Å². The van der Waals surface area contributed by atoms with E-state index in [-0.39, 0.29) is 18.5 Å². The highest BCUT2D eigenvalue weighted by atomic mass is 16.5. The molecule has 60 heavy (non-hydrogen) atoms. The smallest absolute Gasteiger partial charge is 0.305 e. The van der Waals surface area contributed by atoms with Crippen LogP contribution in [0.4, 0.5) is 0 Å². The van der Waals surface area contributed by atoms with Crippen LogP contribution in [0.1, 0.15) is 245 Å². The molecule has 0 aromatic carbocycles. The van der Waals surface area contributed by atoms with Gasteiger partial charge in [0, 0.05) is 12.8 Å². The summed E-state index contributed by atoms with van der Waals surface area (Å²) in [5.41, 5.74) is 0. The third kappa shape index (κ3) is 45.1. The lowest BCUT2D eigenvalue weighted by Gasteiger charge is -2.19. The Bertz CT molecular complexity index is 1060. The minimum atomic E-state index is -0.880. The standard InChI is InChI=1S/C54H97NO5/c1-3-5-7-9-11-13-15-17-19-22-26-30-34-38-42-46-52(57)51(50-56)55-53(58)47-43-39-35-31-27-23-21-25-29-33-37-41-45-49-60-54(59)48-44-40-36-32-28-24-20-18-16-14-12-10-8-6-4-2/h12,14,18,20,23,27,35,39,42,46,51-52,56-57H,3-11,13,15-17,19,21-22,24-26,28-34,36-38,40-41,43-45,47-50H2,1-2H3,(H,55,58)/b14-12-,20-18-,27-23-,39-35-,46-42+. The van der Waals surface area contributed by atoms with Crippen molar-refractivity contribution in [1.82, 2.24) is 5.32 Å². The molecule has 0 rings (SSSR count). The van der Waals surface area contributed by atoms with Crippen molar-refractivity contribution < 1.29 is 24.5 Å². The van der Waals surface area contributed by atoms with E-state index in [0.29, 0.717) is 25.9 Å². The summed E-state index contributed by atoms with van der Waals surface area (Å²) in [7, 11) is 0. The number of carbonyl (C=O) groups is 2. The molecule has 2 atom stereocenters. The van der Waals surface area contributed by atoms with Gasteiger partial charge < -0.3 is 20.3 Å². The van der Waals surface area contributed by atoms with E-state index in [1.807, 2.05) is 12.2 Å². The van der Waals surface area contributed by atoms with Gasteiger partial charge in [0.1, 0.15) is 0 Å². The number of allylic oxidation sites excluding steroid dienone is 9. The van der Waals surface area contributed by atoms with Crippen LogP contribution in [0, 0.1) is 0 Å². The van der Waals surface area contributed by atoms with Gasteiger partial charge in [0.25, 0.3) is 0 Å². The predicted octanol–water partition coefficient (Wildman–Crippen LogP) is 15.2. The lowest BCUT2D eigenvalue weighted by molar-refractivity contribution is -0.143. The fraction of sp³-hybridized carbons (Fsp3) is 0.778. The summed E-state index contributed by atoms with van der Waals surface area (Å²) < 4.78 is 5.44. The summed E-state index contributed by atoms with van der Waals surface area (Å²) in [5.74, 6) is -0.185. The minimum absolute atomic E-state index is 0.0337. The minimum Gasteiger partial charge on any atom is -0.466 e. The van der Waals surface area contributed by atoms with Crippen LogP contribution in [0.25, 0.3) is 0 Å². The molecule has 0 aliphatic rings. The maximum atomic E-state index is 12.4. The van der Waals surface area contributed by atoms with Crippen LogP contribution < -0.4 is 5.32 Å². The second-order valence-corrected chi connectivity index (χ2v) is 17.1. The number of aliphatic hydroxyl groups is 2. The number of ether oxygens (including phenoxy) is 1.